The number of nitrogen functional groups attached to an aromatic ring is 1. The first-order valence-electron chi connectivity index (χ1n) is 9.69. The smallest absolute Gasteiger partial charge is 0.273 e. The molecule has 2 aliphatic heterocycles. The van der Waals surface area contributed by atoms with E-state index in [1.807, 2.05) is 12.1 Å². The number of morpholine rings is 1. The van der Waals surface area contributed by atoms with Gasteiger partial charge in [0.1, 0.15) is 11.5 Å². The number of nitriles is 1. The number of nitrogens with zero attached hydrogens (tertiary/aromatic N) is 4. The molecule has 0 bridgehead atoms. The van der Waals surface area contributed by atoms with Crippen LogP contribution >= 0.6 is 0 Å². The number of carbonyl (C=O) groups is 1. The van der Waals surface area contributed by atoms with Gasteiger partial charge in [-0.25, -0.2) is 9.97 Å². The maximum Gasteiger partial charge on any atom is 0.273 e. The Morgan fingerprint density at radius 2 is 2.00 bits per heavy atom. The molecule has 1 fully saturated rings. The Morgan fingerprint density at radius 3 is 2.80 bits per heavy atom. The monoisotopic (exact) mass is 401 g/mol. The van der Waals surface area contributed by atoms with Gasteiger partial charge in [-0.3, -0.25) is 4.79 Å². The number of anilines is 1. The van der Waals surface area contributed by atoms with Crippen molar-refractivity contribution >= 4 is 22.6 Å². The number of aromatic nitrogens is 2. The van der Waals surface area contributed by atoms with Crippen molar-refractivity contribution in [1.29, 1.82) is 5.26 Å². The zero-order valence-electron chi connectivity index (χ0n) is 16.2. The third kappa shape index (κ3) is 3.05. The summed E-state index contributed by atoms with van der Waals surface area (Å²) in [5.74, 6) is 0.281. The van der Waals surface area contributed by atoms with Gasteiger partial charge in [-0.15, -0.1) is 0 Å². The van der Waals surface area contributed by atoms with Crippen LogP contribution in [-0.2, 0) is 22.7 Å². The van der Waals surface area contributed by atoms with Gasteiger partial charge in [0.15, 0.2) is 0 Å². The van der Waals surface area contributed by atoms with Gasteiger partial charge >= 0.3 is 0 Å². The van der Waals surface area contributed by atoms with E-state index in [0.717, 1.165) is 22.1 Å². The van der Waals surface area contributed by atoms with Crippen LogP contribution in [0.25, 0.3) is 10.9 Å². The lowest BCUT2D eigenvalue weighted by molar-refractivity contribution is -0.00299. The molecule has 0 saturated carbocycles. The maximum absolute atomic E-state index is 13.4. The van der Waals surface area contributed by atoms with Crippen LogP contribution < -0.4 is 5.73 Å². The zero-order valence-corrected chi connectivity index (χ0v) is 16.2. The minimum absolute atomic E-state index is 0.168. The fourth-order valence-corrected chi connectivity index (χ4v) is 4.04. The van der Waals surface area contributed by atoms with Crippen molar-refractivity contribution in [2.24, 2.45) is 0 Å². The zero-order chi connectivity index (χ0) is 20.7. The summed E-state index contributed by atoms with van der Waals surface area (Å²) >= 11 is 0. The Balaban J connectivity index is 1.51. The number of amides is 1. The van der Waals surface area contributed by atoms with E-state index in [4.69, 9.17) is 20.5 Å². The molecule has 8 nitrogen and oxygen atoms in total. The van der Waals surface area contributed by atoms with Crippen molar-refractivity contribution in [2.45, 2.75) is 19.3 Å². The summed E-state index contributed by atoms with van der Waals surface area (Å²) in [6.07, 6.45) is 1.59. The van der Waals surface area contributed by atoms with E-state index in [9.17, 15) is 4.79 Å². The summed E-state index contributed by atoms with van der Waals surface area (Å²) in [4.78, 5) is 23.9. The maximum atomic E-state index is 13.4. The highest BCUT2D eigenvalue weighted by Gasteiger charge is 2.30. The van der Waals surface area contributed by atoms with E-state index in [1.54, 1.807) is 29.3 Å². The summed E-state index contributed by atoms with van der Waals surface area (Å²) in [6.45, 7) is 2.20. The lowest BCUT2D eigenvalue weighted by atomic mass is 10.0. The quantitative estimate of drug-likeness (QED) is 0.701. The van der Waals surface area contributed by atoms with E-state index in [-0.39, 0.29) is 11.9 Å². The average molecular weight is 401 g/mol. The SMILES string of the molecule is N#Cc1ccc([C@H]2COCCN2C(=O)c2cc3c4c(c(N)nc3cn2)COC4)cc1. The molecule has 0 aliphatic carbocycles. The van der Waals surface area contributed by atoms with E-state index < -0.39 is 0 Å². The van der Waals surface area contributed by atoms with Gasteiger partial charge in [-0.2, -0.15) is 5.26 Å². The predicted octanol–water partition coefficient (Wildman–Crippen LogP) is 2.33. The minimum atomic E-state index is -0.241. The first kappa shape index (κ1) is 18.5. The van der Waals surface area contributed by atoms with Gasteiger partial charge in [0.25, 0.3) is 5.91 Å². The number of ether oxygens (including phenoxy) is 2. The molecule has 8 heteroatoms. The van der Waals surface area contributed by atoms with E-state index >= 15 is 0 Å². The largest absolute Gasteiger partial charge is 0.383 e. The van der Waals surface area contributed by atoms with Gasteiger partial charge in [-0.1, -0.05) is 12.1 Å². The lowest BCUT2D eigenvalue weighted by Gasteiger charge is -2.35. The molecular formula is C22H19N5O3. The third-order valence-electron chi connectivity index (χ3n) is 5.65. The molecule has 0 radical (unpaired) electrons. The Morgan fingerprint density at radius 1 is 1.20 bits per heavy atom. The molecule has 5 rings (SSSR count). The van der Waals surface area contributed by atoms with Gasteiger partial charge in [0.05, 0.1) is 55.8 Å². The summed E-state index contributed by atoms with van der Waals surface area (Å²) in [7, 11) is 0. The standard InChI is InChI=1S/C22H19N5O3/c23-8-13-1-3-14(4-2-13)20-12-29-6-5-27(20)22(28)18-7-15-16-10-30-11-17(16)21(24)26-19(15)9-25-18/h1-4,7,9,20H,5-6,10-12H2,(H2,24,26)/t20-/m1/s1. The number of nitrogens with two attached hydrogens (primary N) is 1. The summed E-state index contributed by atoms with van der Waals surface area (Å²) < 4.78 is 11.2. The second kappa shape index (κ2) is 7.37. The molecule has 1 aromatic carbocycles. The fraction of sp³-hybridized carbons (Fsp3) is 0.273. The highest BCUT2D eigenvalue weighted by atomic mass is 16.5. The highest BCUT2D eigenvalue weighted by molar-refractivity contribution is 5.97. The number of rotatable bonds is 2. The van der Waals surface area contributed by atoms with Crippen molar-refractivity contribution in [3.63, 3.8) is 0 Å². The van der Waals surface area contributed by atoms with Crippen LogP contribution in [0.4, 0.5) is 5.82 Å². The first-order chi connectivity index (χ1) is 14.7. The molecule has 0 unspecified atom stereocenters. The molecule has 150 valence electrons. The molecular weight excluding hydrogens is 382 g/mol. The minimum Gasteiger partial charge on any atom is -0.383 e. The van der Waals surface area contributed by atoms with E-state index in [0.29, 0.717) is 55.6 Å². The molecule has 0 spiro atoms. The highest BCUT2D eigenvalue weighted by Crippen LogP contribution is 2.32. The fourth-order valence-electron chi connectivity index (χ4n) is 4.04. The van der Waals surface area contributed by atoms with E-state index in [2.05, 4.69) is 16.0 Å². The normalized spacial score (nSPS) is 18.2. The second-order valence-electron chi connectivity index (χ2n) is 7.36. The van der Waals surface area contributed by atoms with Gasteiger partial charge in [-0.05, 0) is 29.3 Å². The van der Waals surface area contributed by atoms with Crippen LogP contribution in [-0.4, -0.2) is 40.5 Å². The van der Waals surface area contributed by atoms with Crippen LogP contribution in [0.5, 0.6) is 0 Å². The van der Waals surface area contributed by atoms with Crippen molar-refractivity contribution in [3.8, 4) is 6.07 Å². The van der Waals surface area contributed by atoms with Gasteiger partial charge in [0.2, 0.25) is 0 Å². The van der Waals surface area contributed by atoms with Crippen LogP contribution in [0.15, 0.2) is 36.5 Å². The molecule has 1 amide bonds. The molecule has 30 heavy (non-hydrogen) atoms. The first-order valence-corrected chi connectivity index (χ1v) is 9.69. The molecule has 2 aromatic heterocycles. The van der Waals surface area contributed by atoms with Crippen LogP contribution in [0.2, 0.25) is 0 Å². The van der Waals surface area contributed by atoms with Crippen LogP contribution in [0, 0.1) is 11.3 Å². The number of hydrogen-bond donors (Lipinski definition) is 1. The number of hydrogen-bond acceptors (Lipinski definition) is 7. The van der Waals surface area contributed by atoms with Crippen LogP contribution in [0.1, 0.15) is 38.8 Å². The molecule has 4 heterocycles. The van der Waals surface area contributed by atoms with Crippen LogP contribution in [0.3, 0.4) is 0 Å². The molecule has 1 saturated heterocycles. The topological polar surface area (TPSA) is 114 Å². The van der Waals surface area contributed by atoms with Crippen molar-refractivity contribution in [1.82, 2.24) is 14.9 Å². The average Bonchev–Trinajstić information content (AvgIpc) is 3.30. The molecule has 1 atom stereocenters. The number of carbonyl (C=O) groups excluding carboxylic acids is 1. The summed E-state index contributed by atoms with van der Waals surface area (Å²) in [5, 5.41) is 9.87. The second-order valence-corrected chi connectivity index (χ2v) is 7.36. The number of benzene rings is 1. The Labute approximate surface area is 172 Å². The van der Waals surface area contributed by atoms with Crippen molar-refractivity contribution < 1.29 is 14.3 Å². The Kier molecular flexibility index (Phi) is 4.54. The van der Waals surface area contributed by atoms with Crippen molar-refractivity contribution in [3.05, 3.63) is 64.5 Å². The summed E-state index contributed by atoms with van der Waals surface area (Å²) in [5.41, 5.74) is 10.4. The molecule has 3 aromatic rings. The molecule has 2 aliphatic rings. The number of fused-ring (bicyclic) bond motifs is 3. The Hall–Kier alpha value is -3.54. The van der Waals surface area contributed by atoms with Gasteiger partial charge < -0.3 is 20.1 Å². The van der Waals surface area contributed by atoms with Crippen molar-refractivity contribution in [2.75, 3.05) is 25.5 Å². The van der Waals surface area contributed by atoms with E-state index in [1.165, 1.54) is 0 Å². The molecule has 2 N–H and O–H groups in total. The van der Waals surface area contributed by atoms with Gasteiger partial charge in [0, 0.05) is 17.5 Å². The summed E-state index contributed by atoms with van der Waals surface area (Å²) in [6, 6.07) is 10.9. The Bertz CT molecular complexity index is 1190. The number of pyridine rings is 2. The lowest BCUT2D eigenvalue weighted by Crippen LogP contribution is -2.43. The third-order valence-corrected chi connectivity index (χ3v) is 5.65. The predicted molar refractivity (Wildman–Crippen MR) is 108 cm³/mol.